The van der Waals surface area contributed by atoms with Gasteiger partial charge in [-0.15, -0.1) is 24.8 Å². The highest BCUT2D eigenvalue weighted by Crippen LogP contribution is 2.35. The van der Waals surface area contributed by atoms with E-state index >= 15 is 0 Å². The fourth-order valence-electron chi connectivity index (χ4n) is 5.27. The quantitative estimate of drug-likeness (QED) is 0.483. The standard InChI is InChI=1S/C26H31N5O3.2ClH/c1-30-22-13-20(23(33-2)14-19(22)10-11-25(30)32)15-27-21-9-6-12-31(16-24-28-17-34-29-24)26(21)18-7-4-3-5-8-18;;/h3-5,7-8,13-14,17,21,26-27H,6,9-12,15-16H2,1-2H3;2*1H/t21-,26-;;/m0../s1. The highest BCUT2D eigenvalue weighted by atomic mass is 35.5. The minimum Gasteiger partial charge on any atom is -0.496 e. The summed E-state index contributed by atoms with van der Waals surface area (Å²) >= 11 is 0. The molecular weight excluding hydrogens is 501 g/mol. The highest BCUT2D eigenvalue weighted by molar-refractivity contribution is 5.96. The van der Waals surface area contributed by atoms with E-state index in [1.54, 1.807) is 12.0 Å². The Balaban J connectivity index is 0.00000180. The van der Waals surface area contributed by atoms with E-state index in [-0.39, 0.29) is 42.8 Å². The van der Waals surface area contributed by atoms with Gasteiger partial charge < -0.3 is 19.5 Å². The van der Waals surface area contributed by atoms with E-state index in [0.29, 0.717) is 25.3 Å². The summed E-state index contributed by atoms with van der Waals surface area (Å²) in [5.74, 6) is 1.72. The maximum absolute atomic E-state index is 12.3. The fourth-order valence-corrected chi connectivity index (χ4v) is 5.27. The number of rotatable bonds is 7. The van der Waals surface area contributed by atoms with E-state index in [2.05, 4.69) is 56.8 Å². The molecule has 2 atom stereocenters. The van der Waals surface area contributed by atoms with Gasteiger partial charge >= 0.3 is 0 Å². The normalized spacial score (nSPS) is 19.7. The zero-order valence-corrected chi connectivity index (χ0v) is 22.2. The Morgan fingerprint density at radius 2 is 1.97 bits per heavy atom. The first kappa shape index (κ1) is 27.9. The van der Waals surface area contributed by atoms with Gasteiger partial charge in [0.05, 0.1) is 19.7 Å². The summed E-state index contributed by atoms with van der Waals surface area (Å²) in [5.41, 5.74) is 4.47. The number of hydrogen-bond donors (Lipinski definition) is 1. The van der Waals surface area contributed by atoms with Crippen LogP contribution in [0.15, 0.2) is 53.4 Å². The van der Waals surface area contributed by atoms with Crippen molar-refractivity contribution in [2.75, 3.05) is 25.6 Å². The molecule has 8 nitrogen and oxygen atoms in total. The molecule has 2 aromatic carbocycles. The van der Waals surface area contributed by atoms with Crippen LogP contribution in [-0.4, -0.2) is 47.7 Å². The third-order valence-corrected chi connectivity index (χ3v) is 7.01. The number of nitrogens with one attached hydrogen (secondary N) is 1. The molecule has 1 aromatic heterocycles. The van der Waals surface area contributed by atoms with Gasteiger partial charge in [-0.3, -0.25) is 9.69 Å². The predicted molar refractivity (Wildman–Crippen MR) is 143 cm³/mol. The smallest absolute Gasteiger partial charge is 0.227 e. The lowest BCUT2D eigenvalue weighted by atomic mass is 9.90. The van der Waals surface area contributed by atoms with Crippen molar-refractivity contribution < 1.29 is 14.1 Å². The summed E-state index contributed by atoms with van der Waals surface area (Å²) in [4.78, 5) is 20.7. The Bertz CT molecular complexity index is 1130. The molecule has 0 bridgehead atoms. The van der Waals surface area contributed by atoms with Crippen molar-refractivity contribution in [1.82, 2.24) is 20.4 Å². The number of fused-ring (bicyclic) bond motifs is 1. The Morgan fingerprint density at radius 3 is 2.69 bits per heavy atom. The van der Waals surface area contributed by atoms with Crippen molar-refractivity contribution in [2.45, 2.75) is 50.9 Å². The van der Waals surface area contributed by atoms with Crippen molar-refractivity contribution in [1.29, 1.82) is 0 Å². The average molecular weight is 534 g/mol. The lowest BCUT2D eigenvalue weighted by Crippen LogP contribution is -2.47. The predicted octanol–water partition coefficient (Wildman–Crippen LogP) is 4.33. The van der Waals surface area contributed by atoms with Crippen LogP contribution < -0.4 is 15.0 Å². The first-order valence-corrected chi connectivity index (χ1v) is 11.9. The van der Waals surface area contributed by atoms with Crippen LogP contribution in [0.25, 0.3) is 0 Å². The number of anilines is 1. The number of carbonyl (C=O) groups excluding carboxylic acids is 1. The van der Waals surface area contributed by atoms with E-state index in [9.17, 15) is 4.79 Å². The van der Waals surface area contributed by atoms with Gasteiger partial charge in [-0.05, 0) is 49.1 Å². The van der Waals surface area contributed by atoms with Gasteiger partial charge in [0.1, 0.15) is 5.75 Å². The first-order chi connectivity index (χ1) is 16.6. The van der Waals surface area contributed by atoms with E-state index in [0.717, 1.165) is 48.4 Å². The molecular formula is C26H33Cl2N5O3. The minimum atomic E-state index is 0. The van der Waals surface area contributed by atoms with E-state index in [1.807, 2.05) is 13.1 Å². The third-order valence-electron chi connectivity index (χ3n) is 7.01. The number of piperidine rings is 1. The lowest BCUT2D eigenvalue weighted by Gasteiger charge is -2.41. The van der Waals surface area contributed by atoms with Crippen LogP contribution in [0.5, 0.6) is 5.75 Å². The molecule has 1 N–H and O–H groups in total. The number of halogens is 2. The van der Waals surface area contributed by atoms with Gasteiger partial charge in [0.25, 0.3) is 0 Å². The number of aryl methyl sites for hydroxylation is 1. The van der Waals surface area contributed by atoms with Crippen molar-refractivity contribution in [3.63, 3.8) is 0 Å². The summed E-state index contributed by atoms with van der Waals surface area (Å²) in [5, 5.41) is 7.85. The Hall–Kier alpha value is -2.65. The molecule has 3 heterocycles. The van der Waals surface area contributed by atoms with Gasteiger partial charge in [-0.1, -0.05) is 35.5 Å². The molecule has 36 heavy (non-hydrogen) atoms. The molecule has 0 spiro atoms. The molecule has 5 rings (SSSR count). The second-order valence-corrected chi connectivity index (χ2v) is 9.05. The largest absolute Gasteiger partial charge is 0.496 e. The van der Waals surface area contributed by atoms with E-state index in [1.165, 1.54) is 12.0 Å². The van der Waals surface area contributed by atoms with Gasteiger partial charge in [0, 0.05) is 37.3 Å². The zero-order valence-electron chi connectivity index (χ0n) is 20.6. The molecule has 0 radical (unpaired) electrons. The number of hydrogen-bond acceptors (Lipinski definition) is 7. The lowest BCUT2D eigenvalue weighted by molar-refractivity contribution is -0.118. The fraction of sp³-hybridized carbons (Fsp3) is 0.423. The van der Waals surface area contributed by atoms with Crippen molar-refractivity contribution in [3.8, 4) is 5.75 Å². The number of nitrogens with zero attached hydrogens (tertiary/aromatic N) is 4. The van der Waals surface area contributed by atoms with E-state index in [4.69, 9.17) is 9.26 Å². The van der Waals surface area contributed by atoms with Gasteiger partial charge in [0.2, 0.25) is 12.3 Å². The second kappa shape index (κ2) is 12.5. The van der Waals surface area contributed by atoms with Crippen LogP contribution in [0.2, 0.25) is 0 Å². The summed E-state index contributed by atoms with van der Waals surface area (Å²) in [7, 11) is 3.56. The van der Waals surface area contributed by atoms with Crippen LogP contribution in [0.4, 0.5) is 5.69 Å². The van der Waals surface area contributed by atoms with Crippen molar-refractivity contribution in [2.24, 2.45) is 0 Å². The first-order valence-electron chi connectivity index (χ1n) is 11.9. The number of aromatic nitrogens is 2. The molecule has 2 aliphatic rings. The summed E-state index contributed by atoms with van der Waals surface area (Å²) in [6.07, 6.45) is 4.83. The van der Waals surface area contributed by atoms with Crippen LogP contribution in [-0.2, 0) is 24.3 Å². The highest BCUT2D eigenvalue weighted by Gasteiger charge is 2.33. The third kappa shape index (κ3) is 5.83. The number of likely N-dealkylation sites (tertiary alicyclic amines) is 1. The van der Waals surface area contributed by atoms with Gasteiger partial charge in [-0.2, -0.15) is 4.98 Å². The molecule has 2 aliphatic heterocycles. The number of amides is 1. The molecule has 0 aliphatic carbocycles. The molecule has 194 valence electrons. The van der Waals surface area contributed by atoms with Gasteiger partial charge in [-0.25, -0.2) is 0 Å². The topological polar surface area (TPSA) is 83.7 Å². The summed E-state index contributed by atoms with van der Waals surface area (Å²) in [6, 6.07) is 15.2. The molecule has 1 fully saturated rings. The summed E-state index contributed by atoms with van der Waals surface area (Å²) in [6.45, 7) is 2.27. The zero-order chi connectivity index (χ0) is 23.5. The Labute approximate surface area is 224 Å². The number of methoxy groups -OCH3 is 1. The number of carbonyl (C=O) groups is 1. The molecule has 1 amide bonds. The molecule has 10 heteroatoms. The maximum Gasteiger partial charge on any atom is 0.227 e. The van der Waals surface area contributed by atoms with E-state index < -0.39 is 0 Å². The average Bonchev–Trinajstić information content (AvgIpc) is 3.38. The van der Waals surface area contributed by atoms with Crippen LogP contribution in [0, 0.1) is 0 Å². The second-order valence-electron chi connectivity index (χ2n) is 9.05. The molecule has 3 aromatic rings. The van der Waals surface area contributed by atoms with Crippen LogP contribution in [0.3, 0.4) is 0 Å². The van der Waals surface area contributed by atoms with Gasteiger partial charge in [0.15, 0.2) is 5.82 Å². The molecule has 0 unspecified atom stereocenters. The monoisotopic (exact) mass is 533 g/mol. The molecule has 0 saturated carbocycles. The Morgan fingerprint density at radius 1 is 1.17 bits per heavy atom. The number of benzene rings is 2. The van der Waals surface area contributed by atoms with Crippen molar-refractivity contribution >= 4 is 36.4 Å². The molecule has 1 saturated heterocycles. The van der Waals surface area contributed by atoms with Crippen molar-refractivity contribution in [3.05, 3.63) is 71.4 Å². The SMILES string of the molecule is COc1cc2c(cc1CN[C@H]1CCCN(Cc3ncon3)[C@H]1c1ccccc1)N(C)C(=O)CC2.Cl.Cl. The minimum absolute atomic E-state index is 0. The number of ether oxygens (including phenoxy) is 1. The van der Waals surface area contributed by atoms with Crippen LogP contribution in [0.1, 0.15) is 47.8 Å². The summed E-state index contributed by atoms with van der Waals surface area (Å²) < 4.78 is 10.7. The Kier molecular flexibility index (Phi) is 9.73. The van der Waals surface area contributed by atoms with Crippen LogP contribution >= 0.6 is 24.8 Å². The maximum atomic E-state index is 12.3.